The number of anilines is 3. The summed E-state index contributed by atoms with van der Waals surface area (Å²) in [6.45, 7) is 4.88. The molecule has 9 nitrogen and oxygen atoms in total. The number of hydrogen-bond donors (Lipinski definition) is 1. The van der Waals surface area contributed by atoms with Gasteiger partial charge in [0.05, 0.1) is 29.5 Å². The Morgan fingerprint density at radius 3 is 2.75 bits per heavy atom. The molecule has 1 amide bonds. The molecule has 5 heterocycles. The molecular weight excluding hydrogens is 404 g/mol. The third-order valence-electron chi connectivity index (χ3n) is 5.63. The van der Waals surface area contributed by atoms with Crippen LogP contribution in [0.15, 0.2) is 61.2 Å². The second-order valence-electron chi connectivity index (χ2n) is 7.71. The Labute approximate surface area is 185 Å². The molecule has 1 N–H and O–H groups in total. The first-order valence-electron chi connectivity index (χ1n) is 10.7. The second kappa shape index (κ2) is 8.62. The zero-order valence-corrected chi connectivity index (χ0v) is 17.8. The number of nitrogens with zero attached hydrogens (tertiary/aromatic N) is 7. The van der Waals surface area contributed by atoms with E-state index in [4.69, 9.17) is 0 Å². The van der Waals surface area contributed by atoms with Gasteiger partial charge < -0.3 is 15.1 Å². The van der Waals surface area contributed by atoms with E-state index in [0.717, 1.165) is 55.3 Å². The molecule has 0 bridgehead atoms. The number of imidazole rings is 1. The van der Waals surface area contributed by atoms with Gasteiger partial charge in [0.2, 0.25) is 11.9 Å². The Morgan fingerprint density at radius 2 is 1.91 bits per heavy atom. The van der Waals surface area contributed by atoms with Crippen LogP contribution >= 0.6 is 0 Å². The minimum Gasteiger partial charge on any atom is -0.368 e. The largest absolute Gasteiger partial charge is 0.368 e. The summed E-state index contributed by atoms with van der Waals surface area (Å²) in [7, 11) is 0. The van der Waals surface area contributed by atoms with E-state index in [-0.39, 0.29) is 5.91 Å². The van der Waals surface area contributed by atoms with Crippen LogP contribution in [0.1, 0.15) is 13.3 Å². The highest BCUT2D eigenvalue weighted by molar-refractivity contribution is 5.73. The summed E-state index contributed by atoms with van der Waals surface area (Å²) in [5, 5.41) is 3.18. The van der Waals surface area contributed by atoms with E-state index < -0.39 is 0 Å². The van der Waals surface area contributed by atoms with Crippen molar-refractivity contribution in [2.75, 3.05) is 36.4 Å². The van der Waals surface area contributed by atoms with Crippen LogP contribution in [0.4, 0.5) is 17.5 Å². The molecule has 0 saturated carbocycles. The molecule has 0 radical (unpaired) electrons. The van der Waals surface area contributed by atoms with Gasteiger partial charge in [0.15, 0.2) is 0 Å². The van der Waals surface area contributed by atoms with Gasteiger partial charge in [-0.05, 0) is 36.8 Å². The van der Waals surface area contributed by atoms with E-state index >= 15 is 0 Å². The maximum absolute atomic E-state index is 11.6. The van der Waals surface area contributed by atoms with Gasteiger partial charge in [0.25, 0.3) is 0 Å². The number of pyridine rings is 2. The zero-order valence-electron chi connectivity index (χ0n) is 17.8. The summed E-state index contributed by atoms with van der Waals surface area (Å²) >= 11 is 0. The minimum atomic E-state index is 0.135. The van der Waals surface area contributed by atoms with E-state index in [1.807, 2.05) is 64.3 Å². The van der Waals surface area contributed by atoms with Gasteiger partial charge in [-0.15, -0.1) is 0 Å². The van der Waals surface area contributed by atoms with Crippen LogP contribution in [0.5, 0.6) is 0 Å². The molecule has 1 saturated heterocycles. The molecule has 4 aromatic rings. The summed E-state index contributed by atoms with van der Waals surface area (Å²) in [5.74, 6) is 1.28. The van der Waals surface area contributed by atoms with Gasteiger partial charge in [-0.25, -0.2) is 19.9 Å². The standard InChI is InChI=1S/C23H24N8O/c1-17(32)29-10-4-11-30(14-13-29)18-6-7-21(25-15-18)28-23-24-9-8-19(27-23)20-16-26-22-5-2-3-12-31(20)22/h2-3,5-9,12,15-16H,4,10-11,13-14H2,1H3,(H,24,25,27,28). The molecule has 0 spiro atoms. The van der Waals surface area contributed by atoms with E-state index in [1.54, 1.807) is 13.1 Å². The van der Waals surface area contributed by atoms with E-state index in [9.17, 15) is 4.79 Å². The molecule has 0 atom stereocenters. The molecular formula is C23H24N8O. The van der Waals surface area contributed by atoms with Gasteiger partial charge in [-0.2, -0.15) is 0 Å². The Bertz CT molecular complexity index is 1240. The average molecular weight is 429 g/mol. The highest BCUT2D eigenvalue weighted by Crippen LogP contribution is 2.22. The van der Waals surface area contributed by atoms with Crippen molar-refractivity contribution in [2.45, 2.75) is 13.3 Å². The average Bonchev–Trinajstić information content (AvgIpc) is 3.08. The first-order valence-corrected chi connectivity index (χ1v) is 10.7. The third kappa shape index (κ3) is 4.09. The van der Waals surface area contributed by atoms with Crippen molar-refractivity contribution < 1.29 is 4.79 Å². The normalized spacial score (nSPS) is 14.4. The molecule has 4 aromatic heterocycles. The monoisotopic (exact) mass is 428 g/mol. The summed E-state index contributed by atoms with van der Waals surface area (Å²) in [4.78, 5) is 33.8. The van der Waals surface area contributed by atoms with Gasteiger partial charge >= 0.3 is 0 Å². The quantitative estimate of drug-likeness (QED) is 0.534. The molecule has 1 aliphatic rings. The minimum absolute atomic E-state index is 0.135. The molecule has 162 valence electrons. The number of rotatable bonds is 4. The number of fused-ring (bicyclic) bond motifs is 1. The van der Waals surface area contributed by atoms with Crippen molar-refractivity contribution in [3.8, 4) is 11.4 Å². The number of hydrogen-bond acceptors (Lipinski definition) is 7. The molecule has 5 rings (SSSR count). The van der Waals surface area contributed by atoms with Crippen molar-refractivity contribution in [1.82, 2.24) is 29.2 Å². The van der Waals surface area contributed by atoms with Crippen LogP contribution in [0.25, 0.3) is 17.0 Å². The highest BCUT2D eigenvalue weighted by Gasteiger charge is 2.17. The van der Waals surface area contributed by atoms with Gasteiger partial charge in [0.1, 0.15) is 11.5 Å². The summed E-state index contributed by atoms with van der Waals surface area (Å²) in [6, 6.07) is 11.7. The fourth-order valence-corrected chi connectivity index (χ4v) is 3.94. The van der Waals surface area contributed by atoms with Gasteiger partial charge in [0, 0.05) is 45.5 Å². The zero-order chi connectivity index (χ0) is 21.9. The molecule has 9 heteroatoms. The van der Waals surface area contributed by atoms with Gasteiger partial charge in [-0.3, -0.25) is 9.20 Å². The Kier molecular flexibility index (Phi) is 5.37. The van der Waals surface area contributed by atoms with Gasteiger partial charge in [-0.1, -0.05) is 6.07 Å². The molecule has 1 fully saturated rings. The number of aromatic nitrogens is 5. The number of carbonyl (C=O) groups is 1. The van der Waals surface area contributed by atoms with E-state index in [1.165, 1.54) is 0 Å². The predicted octanol–water partition coefficient (Wildman–Crippen LogP) is 2.99. The molecule has 1 aliphatic heterocycles. The first kappa shape index (κ1) is 19.9. The Morgan fingerprint density at radius 1 is 0.969 bits per heavy atom. The molecule has 32 heavy (non-hydrogen) atoms. The molecule has 0 aromatic carbocycles. The van der Waals surface area contributed by atoms with Crippen LogP contribution in [0, 0.1) is 0 Å². The first-order chi connectivity index (χ1) is 15.7. The van der Waals surface area contributed by atoms with E-state index in [2.05, 4.69) is 30.2 Å². The SMILES string of the molecule is CC(=O)N1CCCN(c2ccc(Nc3nccc(-c4cnc5ccccn45)n3)nc2)CC1. The summed E-state index contributed by atoms with van der Waals surface area (Å²) < 4.78 is 1.99. The van der Waals surface area contributed by atoms with Crippen LogP contribution in [-0.2, 0) is 4.79 Å². The van der Waals surface area contributed by atoms with Crippen molar-refractivity contribution in [2.24, 2.45) is 0 Å². The topological polar surface area (TPSA) is 91.6 Å². The fraction of sp³-hybridized carbons (Fsp3) is 0.261. The maximum atomic E-state index is 11.6. The summed E-state index contributed by atoms with van der Waals surface area (Å²) in [6.07, 6.45) is 8.29. The predicted molar refractivity (Wildman–Crippen MR) is 123 cm³/mol. The van der Waals surface area contributed by atoms with E-state index in [0.29, 0.717) is 11.8 Å². The molecule has 0 aliphatic carbocycles. The van der Waals surface area contributed by atoms with Crippen LogP contribution < -0.4 is 10.2 Å². The van der Waals surface area contributed by atoms with Crippen molar-refractivity contribution in [1.29, 1.82) is 0 Å². The summed E-state index contributed by atoms with van der Waals surface area (Å²) in [5.41, 5.74) is 3.58. The Hall–Kier alpha value is -4.01. The lowest BCUT2D eigenvalue weighted by molar-refractivity contribution is -0.128. The third-order valence-corrected chi connectivity index (χ3v) is 5.63. The number of amides is 1. The lowest BCUT2D eigenvalue weighted by Crippen LogP contribution is -2.33. The van der Waals surface area contributed by atoms with Crippen molar-refractivity contribution in [3.05, 3.63) is 61.2 Å². The van der Waals surface area contributed by atoms with Crippen molar-refractivity contribution in [3.63, 3.8) is 0 Å². The lowest BCUT2D eigenvalue weighted by Gasteiger charge is -2.23. The van der Waals surface area contributed by atoms with Crippen molar-refractivity contribution >= 4 is 29.0 Å². The highest BCUT2D eigenvalue weighted by atomic mass is 16.2. The fourth-order valence-electron chi connectivity index (χ4n) is 3.94. The number of nitrogens with one attached hydrogen (secondary N) is 1. The molecule has 0 unspecified atom stereocenters. The smallest absolute Gasteiger partial charge is 0.228 e. The van der Waals surface area contributed by atoms with Crippen LogP contribution in [0.3, 0.4) is 0 Å². The Balaban J connectivity index is 1.30. The van der Waals surface area contributed by atoms with Crippen LogP contribution in [-0.4, -0.2) is 61.3 Å². The number of carbonyl (C=O) groups excluding carboxylic acids is 1. The second-order valence-corrected chi connectivity index (χ2v) is 7.71. The lowest BCUT2D eigenvalue weighted by atomic mass is 10.3. The maximum Gasteiger partial charge on any atom is 0.228 e. The van der Waals surface area contributed by atoms with Crippen LogP contribution in [0.2, 0.25) is 0 Å².